The van der Waals surface area contributed by atoms with Crippen LogP contribution in [0.5, 0.6) is 57.5 Å². The van der Waals surface area contributed by atoms with Crippen molar-refractivity contribution < 1.29 is 90.4 Å². The number of hydrogen-bond donors (Lipinski definition) is 7. The molecule has 93 heavy (non-hydrogen) atoms. The third-order valence-electron chi connectivity index (χ3n) is 14.9. The lowest BCUT2D eigenvalue weighted by Crippen LogP contribution is -3.00. The van der Waals surface area contributed by atoms with Crippen LogP contribution in [0.25, 0.3) is 50.8 Å². The number of phenolic OH excluding ortho intramolecular Hbond substituents is 4. The molecular formula is C74H79BrN4O14. The summed E-state index contributed by atoms with van der Waals surface area (Å²) in [7, 11) is 9.43. The molecule has 0 unspecified atom stereocenters. The van der Waals surface area contributed by atoms with Crippen LogP contribution < -0.4 is 50.5 Å². The normalized spacial score (nSPS) is 10.4. The number of benzene rings is 8. The van der Waals surface area contributed by atoms with E-state index in [1.807, 2.05) is 89.2 Å². The summed E-state index contributed by atoms with van der Waals surface area (Å²) in [5.41, 5.74) is 16.4. The third kappa shape index (κ3) is 19.6. The van der Waals surface area contributed by atoms with Gasteiger partial charge in [-0.15, -0.1) is 5.10 Å². The largest absolute Gasteiger partial charge is 1.00 e. The predicted octanol–water partition coefficient (Wildman–Crippen LogP) is 12.3. The molecule has 2 aromatic heterocycles. The monoisotopic (exact) mass is 1330 g/mol. The number of allylic oxidation sites excluding steroid dienone is 1. The number of H-pyrrole nitrogens is 3. The molecule has 0 spiro atoms. The molecule has 0 aliphatic carbocycles. The summed E-state index contributed by atoms with van der Waals surface area (Å²) in [4.78, 5) is 34.6. The Morgan fingerprint density at radius 3 is 1.39 bits per heavy atom. The van der Waals surface area contributed by atoms with Crippen LogP contribution in [0.15, 0.2) is 164 Å². The average Bonchev–Trinajstić information content (AvgIpc) is 1.78. The highest BCUT2D eigenvalue weighted by Gasteiger charge is 2.17. The Balaban J connectivity index is 0.000000215. The molecule has 0 radical (unpaired) electrons. The van der Waals surface area contributed by atoms with Crippen molar-refractivity contribution >= 4 is 23.1 Å². The zero-order chi connectivity index (χ0) is 67.3. The highest BCUT2D eigenvalue weighted by molar-refractivity contribution is 6.08. The molecule has 0 aliphatic heterocycles. The topological polar surface area (TPSA) is 266 Å². The number of Topliss-reactive ketones (excluding diaryl/α,β-unsaturated/α-hetero) is 2. The van der Waals surface area contributed by atoms with Crippen molar-refractivity contribution in [3.8, 4) is 103 Å². The molecule has 2 heterocycles. The van der Waals surface area contributed by atoms with Gasteiger partial charge < -0.3 is 70.9 Å². The van der Waals surface area contributed by atoms with Gasteiger partial charge in [0.1, 0.15) is 11.5 Å². The van der Waals surface area contributed by atoms with E-state index < -0.39 is 0 Å². The maximum absolute atomic E-state index is 12.3. The van der Waals surface area contributed by atoms with Gasteiger partial charge in [-0.2, -0.15) is 10.2 Å². The second-order valence-electron chi connectivity index (χ2n) is 21.1. The summed E-state index contributed by atoms with van der Waals surface area (Å²) in [6, 6.07) is 46.4. The minimum Gasteiger partial charge on any atom is -1.00 e. The van der Waals surface area contributed by atoms with E-state index in [-0.39, 0.29) is 63.1 Å². The van der Waals surface area contributed by atoms with E-state index in [1.54, 1.807) is 96.0 Å². The number of aliphatic hydroxyl groups is 1. The molecule has 8 N–H and O–H groups in total. The highest BCUT2D eigenvalue weighted by atomic mass is 79.9. The van der Waals surface area contributed by atoms with Gasteiger partial charge in [0.2, 0.25) is 5.69 Å². The second kappa shape index (κ2) is 34.4. The average molecular weight is 1330 g/mol. The molecular weight excluding hydrogens is 1250 g/mol. The van der Waals surface area contributed by atoms with Crippen LogP contribution in [0.1, 0.15) is 90.3 Å². The number of nitrogens with zero attached hydrogens (tertiary/aromatic N) is 1. The van der Waals surface area contributed by atoms with Gasteiger partial charge in [-0.25, -0.2) is 0 Å². The number of aryl methyl sites for hydroxylation is 6. The molecule has 8 aromatic carbocycles. The Kier molecular flexibility index (Phi) is 27.0. The number of halogens is 1. The Morgan fingerprint density at radius 2 is 0.871 bits per heavy atom. The molecule has 0 aliphatic rings. The summed E-state index contributed by atoms with van der Waals surface area (Å²) in [5, 5.41) is 61.2. The summed E-state index contributed by atoms with van der Waals surface area (Å²) >= 11 is 0. The third-order valence-corrected chi connectivity index (χ3v) is 14.9. The van der Waals surface area contributed by atoms with Crippen LogP contribution in [0.4, 0.5) is 0 Å². The first-order chi connectivity index (χ1) is 43.9. The molecule has 0 saturated heterocycles. The lowest BCUT2D eigenvalue weighted by molar-refractivity contribution is -0.436. The standard InChI is InChI=1S/C19H20N2O2.C19H20O4.C15H12N2O4.C11H14O3.C10H12O.BrH/c1-12-5-6-14(9-13(12)2)16-11-17(21-20-16)15-7-8-18(22-3)19(10-15)23-4;1-12-5-6-14(9-13(12)2)16(20)11-17(21)15-7-8-18(22-3)19(10-15)23-4;18-12-3-1-8(5-14(12)20)10-7-11(17-16-10)9-2-4-13(19)15(21)6-9;1-4-9(12)8-5-6-10(13-2)11(7-8)14-3;1-7-4-5-10(9(3)11)6-8(7)2;/h5-11H,1-4H3,(H,20,21);5-11,20H,1-4H3;1-7,18-21H,(H,16,17);5-7H,4H2,1-3H3;4-6H,1-3H3;1H. The smallest absolute Gasteiger partial charge is 0.236 e. The molecule has 10 rings (SSSR count). The van der Waals surface area contributed by atoms with Crippen LogP contribution in [0, 0.1) is 41.5 Å². The fourth-order valence-electron chi connectivity index (χ4n) is 8.92. The summed E-state index contributed by atoms with van der Waals surface area (Å²) in [5.74, 6) is 2.76. The van der Waals surface area contributed by atoms with Crippen molar-refractivity contribution in [1.29, 1.82) is 0 Å². The Labute approximate surface area is 552 Å². The zero-order valence-electron chi connectivity index (χ0n) is 54.5. The SMILES string of the molecule is CC(=O)c1ccc(C)c(C)c1.CCC(=O)c1ccc(OC)c(OC)c1.COc1ccc(-c2cc(-c3ccc(C)c(C)c3)n[nH]2)cc1OC.COc1ccc(C(=O)C=C(O)c2ccc(C)c(C)c2)cc1OC.Oc1ccc(-c2cc(-c3ccc(O)c(O)c3)[nH+][nH]2)cc1O.[Br-]. The number of aromatic hydroxyl groups is 4. The van der Waals surface area contributed by atoms with Crippen molar-refractivity contribution in [2.75, 3.05) is 42.7 Å². The van der Waals surface area contributed by atoms with Crippen molar-refractivity contribution in [2.24, 2.45) is 0 Å². The van der Waals surface area contributed by atoms with Gasteiger partial charge in [-0.3, -0.25) is 19.5 Å². The number of phenols is 4. The first-order valence-corrected chi connectivity index (χ1v) is 29.0. The van der Waals surface area contributed by atoms with Gasteiger partial charge in [-0.05, 0) is 197 Å². The van der Waals surface area contributed by atoms with E-state index in [2.05, 4.69) is 52.4 Å². The van der Waals surface area contributed by atoms with Crippen LogP contribution in [-0.4, -0.2) is 101 Å². The maximum Gasteiger partial charge on any atom is 0.236 e. The molecule has 486 valence electrons. The van der Waals surface area contributed by atoms with Crippen molar-refractivity contribution in [3.05, 3.63) is 219 Å². The number of carbonyl (C=O) groups excluding carboxylic acids is 3. The van der Waals surface area contributed by atoms with Crippen molar-refractivity contribution in [1.82, 2.24) is 15.3 Å². The number of carbonyl (C=O) groups is 3. The zero-order valence-corrected chi connectivity index (χ0v) is 56.1. The van der Waals surface area contributed by atoms with Crippen molar-refractivity contribution in [3.63, 3.8) is 0 Å². The summed E-state index contributed by atoms with van der Waals surface area (Å²) < 4.78 is 31.1. The first-order valence-electron chi connectivity index (χ1n) is 29.0. The molecule has 10 aromatic rings. The number of ether oxygens (including phenoxy) is 6. The van der Waals surface area contributed by atoms with Crippen LogP contribution in [-0.2, 0) is 0 Å². The highest BCUT2D eigenvalue weighted by Crippen LogP contribution is 2.36. The quantitative estimate of drug-likeness (QED) is 0.0205. The number of rotatable bonds is 16. The lowest BCUT2D eigenvalue weighted by Gasteiger charge is -2.08. The molecule has 19 heteroatoms. The van der Waals surface area contributed by atoms with E-state index in [0.717, 1.165) is 39.2 Å². The number of aromatic amines is 3. The minimum absolute atomic E-state index is 0. The van der Waals surface area contributed by atoms with E-state index in [9.17, 15) is 39.9 Å². The lowest BCUT2D eigenvalue weighted by atomic mass is 10.0. The molecule has 18 nitrogen and oxygen atoms in total. The Morgan fingerprint density at radius 1 is 0.441 bits per heavy atom. The van der Waals surface area contributed by atoms with E-state index >= 15 is 0 Å². The fourth-order valence-corrected chi connectivity index (χ4v) is 8.92. The molecule has 0 atom stereocenters. The van der Waals surface area contributed by atoms with Crippen molar-refractivity contribution in [2.45, 2.75) is 61.8 Å². The van der Waals surface area contributed by atoms with Gasteiger partial charge in [0.15, 0.2) is 74.8 Å². The molecule has 0 saturated carbocycles. The molecule has 0 amide bonds. The van der Waals surface area contributed by atoms with Crippen LogP contribution >= 0.6 is 0 Å². The predicted molar refractivity (Wildman–Crippen MR) is 357 cm³/mol. The Bertz CT molecular complexity index is 4180. The van der Waals surface area contributed by atoms with E-state index in [0.29, 0.717) is 80.1 Å². The van der Waals surface area contributed by atoms with Gasteiger partial charge >= 0.3 is 0 Å². The fraction of sp³-hybridized carbons (Fsp3) is 0.203. The van der Waals surface area contributed by atoms with Gasteiger partial charge in [0.05, 0.1) is 59.6 Å². The van der Waals surface area contributed by atoms with Gasteiger partial charge in [-0.1, -0.05) is 43.3 Å². The number of aromatic nitrogens is 4. The minimum atomic E-state index is -0.304. The first kappa shape index (κ1) is 73.0. The number of aliphatic hydroxyl groups excluding tert-OH is 1. The number of ketones is 3. The Hall–Kier alpha value is -10.8. The summed E-state index contributed by atoms with van der Waals surface area (Å²) in [6.45, 7) is 15.7. The van der Waals surface area contributed by atoms with Crippen LogP contribution in [0.2, 0.25) is 0 Å². The number of nitrogens with one attached hydrogen (secondary N) is 3. The maximum atomic E-state index is 12.3. The molecule has 0 fully saturated rings. The number of methoxy groups -OCH3 is 6. The van der Waals surface area contributed by atoms with Gasteiger partial charge in [0.25, 0.3) is 0 Å². The second-order valence-corrected chi connectivity index (χ2v) is 21.1. The summed E-state index contributed by atoms with van der Waals surface area (Å²) in [6.07, 6.45) is 1.71. The van der Waals surface area contributed by atoms with E-state index in [1.165, 1.54) is 66.8 Å². The van der Waals surface area contributed by atoms with E-state index in [4.69, 9.17) is 28.4 Å². The van der Waals surface area contributed by atoms with Crippen LogP contribution in [0.3, 0.4) is 0 Å². The molecule has 0 bridgehead atoms. The van der Waals surface area contributed by atoms with Gasteiger partial charge in [0, 0.05) is 57.5 Å². The number of hydrogen-bond acceptors (Lipinski definition) is 15.